The number of aryl methyl sites for hydroxylation is 1. The van der Waals surface area contributed by atoms with E-state index in [2.05, 4.69) is 10.3 Å². The number of alkyl halides is 3. The molecule has 0 saturated heterocycles. The van der Waals surface area contributed by atoms with Crippen LogP contribution in [-0.2, 0) is 9.84 Å². The number of rotatable bonds is 5. The summed E-state index contributed by atoms with van der Waals surface area (Å²) in [6.45, 7) is 1.50. The van der Waals surface area contributed by atoms with Gasteiger partial charge in [0.1, 0.15) is 11.5 Å². The molecule has 1 amide bonds. The Labute approximate surface area is 169 Å². The van der Waals surface area contributed by atoms with E-state index in [-0.39, 0.29) is 28.8 Å². The van der Waals surface area contributed by atoms with Crippen LogP contribution in [0.15, 0.2) is 57.8 Å². The van der Waals surface area contributed by atoms with E-state index in [0.29, 0.717) is 11.6 Å². The van der Waals surface area contributed by atoms with Crippen molar-refractivity contribution in [2.45, 2.75) is 17.3 Å². The number of methoxy groups -OCH3 is 1. The van der Waals surface area contributed by atoms with Crippen molar-refractivity contribution in [1.29, 1.82) is 0 Å². The Morgan fingerprint density at radius 3 is 2.40 bits per heavy atom. The van der Waals surface area contributed by atoms with Crippen molar-refractivity contribution in [2.75, 3.05) is 12.4 Å². The summed E-state index contributed by atoms with van der Waals surface area (Å²) in [6, 6.07) is 11.2. The average Bonchev–Trinajstić information content (AvgIpc) is 3.09. The Balaban J connectivity index is 1.96. The number of aromatic nitrogens is 1. The lowest BCUT2D eigenvalue weighted by Crippen LogP contribution is -2.23. The molecule has 2 aromatic carbocycles. The number of anilines is 1. The van der Waals surface area contributed by atoms with Gasteiger partial charge in [0, 0.05) is 5.56 Å². The number of amides is 1. The van der Waals surface area contributed by atoms with Crippen molar-refractivity contribution in [1.82, 2.24) is 4.98 Å². The molecule has 158 valence electrons. The number of sulfone groups is 1. The maximum Gasteiger partial charge on any atom is 0.501 e. The standard InChI is InChI=1S/C19H15F3N2O5S/c1-11-16(24-18(29-11)12-6-4-3-5-7-12)17(25)23-14-10-13(8-9-15(14)28-2)30(26,27)19(20,21)22/h3-10H,1-2H3,(H,23,25). The highest BCUT2D eigenvalue weighted by Crippen LogP contribution is 2.35. The SMILES string of the molecule is COc1ccc(S(=O)(=O)C(F)(F)F)cc1NC(=O)c1nc(-c2ccccc2)oc1C. The number of hydrogen-bond acceptors (Lipinski definition) is 6. The minimum atomic E-state index is -5.61. The highest BCUT2D eigenvalue weighted by Gasteiger charge is 2.47. The smallest absolute Gasteiger partial charge is 0.495 e. The molecule has 1 heterocycles. The predicted molar refractivity (Wildman–Crippen MR) is 101 cm³/mol. The number of nitrogens with one attached hydrogen (secondary N) is 1. The fraction of sp³-hybridized carbons (Fsp3) is 0.158. The third kappa shape index (κ3) is 4.01. The fourth-order valence-electron chi connectivity index (χ4n) is 2.58. The molecule has 0 bridgehead atoms. The van der Waals surface area contributed by atoms with Gasteiger partial charge < -0.3 is 14.5 Å². The van der Waals surface area contributed by atoms with Gasteiger partial charge in [0.15, 0.2) is 5.69 Å². The van der Waals surface area contributed by atoms with Gasteiger partial charge >= 0.3 is 5.51 Å². The molecule has 0 atom stereocenters. The van der Waals surface area contributed by atoms with E-state index in [0.717, 1.165) is 12.1 Å². The highest BCUT2D eigenvalue weighted by molar-refractivity contribution is 7.92. The van der Waals surface area contributed by atoms with Crippen molar-refractivity contribution in [2.24, 2.45) is 0 Å². The Bertz CT molecular complexity index is 1190. The average molecular weight is 440 g/mol. The summed E-state index contributed by atoms with van der Waals surface area (Å²) in [7, 11) is -4.39. The second-order valence-corrected chi connectivity index (χ2v) is 8.00. The van der Waals surface area contributed by atoms with Crippen LogP contribution in [0.2, 0.25) is 0 Å². The summed E-state index contributed by atoms with van der Waals surface area (Å²) in [5.74, 6) is -0.491. The van der Waals surface area contributed by atoms with Crippen LogP contribution in [0.1, 0.15) is 16.2 Å². The van der Waals surface area contributed by atoms with E-state index in [1.165, 1.54) is 14.0 Å². The van der Waals surface area contributed by atoms with Crippen LogP contribution >= 0.6 is 0 Å². The second-order valence-electron chi connectivity index (χ2n) is 6.06. The fourth-order valence-corrected chi connectivity index (χ4v) is 3.37. The second kappa shape index (κ2) is 7.82. The van der Waals surface area contributed by atoms with Gasteiger partial charge in [-0.25, -0.2) is 13.4 Å². The first kappa shape index (κ1) is 21.4. The van der Waals surface area contributed by atoms with Crippen molar-refractivity contribution < 1.29 is 35.5 Å². The molecule has 1 N–H and O–H groups in total. The molecule has 0 aliphatic carbocycles. The van der Waals surface area contributed by atoms with Gasteiger partial charge in [-0.1, -0.05) is 18.2 Å². The van der Waals surface area contributed by atoms with Crippen molar-refractivity contribution >= 4 is 21.4 Å². The summed E-state index contributed by atoms with van der Waals surface area (Å²) < 4.78 is 72.4. The number of hydrogen-bond donors (Lipinski definition) is 1. The van der Waals surface area contributed by atoms with Crippen molar-refractivity contribution in [3.05, 3.63) is 60.0 Å². The molecule has 0 spiro atoms. The number of benzene rings is 2. The summed E-state index contributed by atoms with van der Waals surface area (Å²) >= 11 is 0. The van der Waals surface area contributed by atoms with Gasteiger partial charge in [0.25, 0.3) is 15.7 Å². The number of ether oxygens (including phenoxy) is 1. The molecule has 7 nitrogen and oxygen atoms in total. The third-order valence-corrected chi connectivity index (χ3v) is 5.55. The molecule has 0 aliphatic heterocycles. The molecule has 11 heteroatoms. The third-order valence-electron chi connectivity index (χ3n) is 4.07. The molecule has 3 aromatic rings. The van der Waals surface area contributed by atoms with E-state index in [1.54, 1.807) is 30.3 Å². The first-order chi connectivity index (χ1) is 14.0. The van der Waals surface area contributed by atoms with Crippen LogP contribution in [0.5, 0.6) is 5.75 Å². The molecule has 0 unspecified atom stereocenters. The minimum absolute atomic E-state index is 0.0334. The van der Waals surface area contributed by atoms with Crippen LogP contribution in [0.3, 0.4) is 0 Å². The number of oxazole rings is 1. The molecular formula is C19H15F3N2O5S. The summed E-state index contributed by atoms with van der Waals surface area (Å²) in [5.41, 5.74) is -5.25. The molecule has 3 rings (SSSR count). The Hall–Kier alpha value is -3.34. The van der Waals surface area contributed by atoms with E-state index < -0.39 is 26.1 Å². The maximum atomic E-state index is 12.8. The van der Waals surface area contributed by atoms with Gasteiger partial charge in [0.2, 0.25) is 5.89 Å². The Morgan fingerprint density at radius 1 is 1.13 bits per heavy atom. The van der Waals surface area contributed by atoms with Gasteiger partial charge in [-0.05, 0) is 37.3 Å². The molecule has 30 heavy (non-hydrogen) atoms. The van der Waals surface area contributed by atoms with Gasteiger partial charge in [-0.3, -0.25) is 4.79 Å². The van der Waals surface area contributed by atoms with Crippen LogP contribution < -0.4 is 10.1 Å². The van der Waals surface area contributed by atoms with Crippen LogP contribution in [0.4, 0.5) is 18.9 Å². The van der Waals surface area contributed by atoms with Crippen molar-refractivity contribution in [3.8, 4) is 17.2 Å². The lowest BCUT2D eigenvalue weighted by molar-refractivity contribution is -0.0436. The zero-order valence-corrected chi connectivity index (χ0v) is 16.5. The maximum absolute atomic E-state index is 12.8. The molecule has 1 aromatic heterocycles. The first-order valence-electron chi connectivity index (χ1n) is 8.38. The lowest BCUT2D eigenvalue weighted by atomic mass is 10.2. The van der Waals surface area contributed by atoms with Gasteiger partial charge in [-0.15, -0.1) is 0 Å². The highest BCUT2D eigenvalue weighted by atomic mass is 32.2. The minimum Gasteiger partial charge on any atom is -0.495 e. The number of halogens is 3. The van der Waals surface area contributed by atoms with Crippen LogP contribution in [0, 0.1) is 6.92 Å². The van der Waals surface area contributed by atoms with E-state index >= 15 is 0 Å². The number of nitrogens with zero attached hydrogens (tertiary/aromatic N) is 1. The lowest BCUT2D eigenvalue weighted by Gasteiger charge is -2.13. The predicted octanol–water partition coefficient (Wildman–Crippen LogP) is 4.20. The Kier molecular flexibility index (Phi) is 5.57. The van der Waals surface area contributed by atoms with Crippen LogP contribution in [0.25, 0.3) is 11.5 Å². The normalized spacial score (nSPS) is 11.9. The zero-order chi connectivity index (χ0) is 22.1. The summed E-state index contributed by atoms with van der Waals surface area (Å²) in [5, 5.41) is 2.33. The molecule has 0 aliphatic rings. The van der Waals surface area contributed by atoms with E-state index in [1.807, 2.05) is 0 Å². The molecular weight excluding hydrogens is 425 g/mol. The molecule has 0 fully saturated rings. The Morgan fingerprint density at radius 2 is 1.80 bits per heavy atom. The monoisotopic (exact) mass is 440 g/mol. The summed E-state index contributed by atoms with van der Waals surface area (Å²) in [6.07, 6.45) is 0. The largest absolute Gasteiger partial charge is 0.501 e. The summed E-state index contributed by atoms with van der Waals surface area (Å²) in [4.78, 5) is 15.7. The number of carbonyl (C=O) groups is 1. The molecule has 0 radical (unpaired) electrons. The van der Waals surface area contributed by atoms with E-state index in [9.17, 15) is 26.4 Å². The quantitative estimate of drug-likeness (QED) is 0.638. The van der Waals surface area contributed by atoms with Crippen molar-refractivity contribution in [3.63, 3.8) is 0 Å². The number of carbonyl (C=O) groups excluding carboxylic acids is 1. The van der Waals surface area contributed by atoms with Gasteiger partial charge in [0.05, 0.1) is 17.7 Å². The van der Waals surface area contributed by atoms with E-state index in [4.69, 9.17) is 9.15 Å². The zero-order valence-electron chi connectivity index (χ0n) is 15.6. The van der Waals surface area contributed by atoms with Crippen LogP contribution in [-0.4, -0.2) is 31.9 Å². The molecule has 0 saturated carbocycles. The first-order valence-corrected chi connectivity index (χ1v) is 9.86. The topological polar surface area (TPSA) is 98.5 Å². The van der Waals surface area contributed by atoms with Gasteiger partial charge in [-0.2, -0.15) is 13.2 Å².